The van der Waals surface area contributed by atoms with Gasteiger partial charge in [0.1, 0.15) is 5.82 Å². The number of carboxylic acid groups (broad SMARTS) is 1. The molecule has 1 rings (SSSR count). The zero-order valence-electron chi connectivity index (χ0n) is 10.8. The van der Waals surface area contributed by atoms with Crippen molar-refractivity contribution in [2.45, 2.75) is 20.3 Å². The molecule has 0 spiro atoms. The van der Waals surface area contributed by atoms with Gasteiger partial charge in [-0.05, 0) is 41.9 Å². The van der Waals surface area contributed by atoms with E-state index in [9.17, 15) is 9.59 Å². The van der Waals surface area contributed by atoms with Crippen molar-refractivity contribution in [1.29, 1.82) is 0 Å². The van der Waals surface area contributed by atoms with Gasteiger partial charge in [0.2, 0.25) is 5.91 Å². The summed E-state index contributed by atoms with van der Waals surface area (Å²) >= 11 is 3.31. The van der Waals surface area contributed by atoms with Crippen molar-refractivity contribution in [3.05, 3.63) is 22.3 Å². The van der Waals surface area contributed by atoms with Gasteiger partial charge in [0, 0.05) is 17.6 Å². The normalized spacial score (nSPS) is 10.1. The van der Waals surface area contributed by atoms with Crippen LogP contribution in [-0.2, 0) is 11.2 Å². The largest absolute Gasteiger partial charge is 0.465 e. The Morgan fingerprint density at radius 3 is 2.53 bits per heavy atom. The fraction of sp³-hybridized carbons (Fsp3) is 0.417. The van der Waals surface area contributed by atoms with E-state index in [0.29, 0.717) is 23.3 Å². The minimum absolute atomic E-state index is 0.0364. The molecule has 0 bridgehead atoms. The van der Waals surface area contributed by atoms with Gasteiger partial charge in [-0.1, -0.05) is 0 Å². The molecule has 0 aliphatic heterocycles. The number of pyridine rings is 1. The second kappa shape index (κ2) is 7.08. The molecule has 19 heavy (non-hydrogen) atoms. The SMILES string of the molecule is CCN(CC)C(=O)Cc1nc(NC(=O)O)ccc1Br. The summed E-state index contributed by atoms with van der Waals surface area (Å²) in [6.45, 7) is 5.10. The van der Waals surface area contributed by atoms with Crippen molar-refractivity contribution < 1.29 is 14.7 Å². The van der Waals surface area contributed by atoms with E-state index < -0.39 is 6.09 Å². The highest BCUT2D eigenvalue weighted by atomic mass is 79.9. The number of anilines is 1. The second-order valence-electron chi connectivity index (χ2n) is 3.80. The molecule has 0 saturated carbocycles. The third kappa shape index (κ3) is 4.51. The number of hydrogen-bond donors (Lipinski definition) is 2. The molecule has 2 N–H and O–H groups in total. The van der Waals surface area contributed by atoms with E-state index in [1.54, 1.807) is 11.0 Å². The van der Waals surface area contributed by atoms with Crippen LogP contribution in [0.5, 0.6) is 0 Å². The van der Waals surface area contributed by atoms with Gasteiger partial charge in [-0.2, -0.15) is 0 Å². The zero-order chi connectivity index (χ0) is 14.4. The quantitative estimate of drug-likeness (QED) is 0.868. The molecule has 0 saturated heterocycles. The number of carbonyl (C=O) groups is 2. The number of nitrogens with zero attached hydrogens (tertiary/aromatic N) is 2. The summed E-state index contributed by atoms with van der Waals surface area (Å²) in [5.74, 6) is 0.170. The molecule has 2 amide bonds. The predicted octanol–water partition coefficient (Wildman–Crippen LogP) is 2.34. The number of halogens is 1. The lowest BCUT2D eigenvalue weighted by molar-refractivity contribution is -0.130. The Kier molecular flexibility index (Phi) is 5.75. The van der Waals surface area contributed by atoms with Crippen LogP contribution in [0, 0.1) is 0 Å². The maximum Gasteiger partial charge on any atom is 0.410 e. The van der Waals surface area contributed by atoms with E-state index in [2.05, 4.69) is 26.2 Å². The topological polar surface area (TPSA) is 82.5 Å². The molecular weight excluding hydrogens is 314 g/mol. The van der Waals surface area contributed by atoms with E-state index in [0.717, 1.165) is 0 Å². The molecule has 0 unspecified atom stereocenters. The molecule has 7 heteroatoms. The molecule has 0 fully saturated rings. The van der Waals surface area contributed by atoms with Gasteiger partial charge in [-0.15, -0.1) is 0 Å². The van der Waals surface area contributed by atoms with Crippen LogP contribution >= 0.6 is 15.9 Å². The van der Waals surface area contributed by atoms with E-state index in [1.165, 1.54) is 6.07 Å². The second-order valence-corrected chi connectivity index (χ2v) is 4.65. The minimum atomic E-state index is -1.18. The van der Waals surface area contributed by atoms with Crippen LogP contribution in [-0.4, -0.2) is 40.1 Å². The van der Waals surface area contributed by atoms with Gasteiger partial charge < -0.3 is 10.0 Å². The molecule has 104 valence electrons. The molecule has 1 aromatic rings. The maximum atomic E-state index is 12.0. The number of nitrogens with one attached hydrogen (secondary N) is 1. The monoisotopic (exact) mass is 329 g/mol. The summed E-state index contributed by atoms with van der Waals surface area (Å²) < 4.78 is 0.684. The summed E-state index contributed by atoms with van der Waals surface area (Å²) in [5.41, 5.74) is 0.517. The van der Waals surface area contributed by atoms with E-state index >= 15 is 0 Å². The van der Waals surface area contributed by atoms with Gasteiger partial charge in [-0.25, -0.2) is 9.78 Å². The highest BCUT2D eigenvalue weighted by Gasteiger charge is 2.14. The average molecular weight is 330 g/mol. The Morgan fingerprint density at radius 2 is 2.00 bits per heavy atom. The first-order valence-electron chi connectivity index (χ1n) is 5.91. The predicted molar refractivity (Wildman–Crippen MR) is 75.2 cm³/mol. The first-order valence-corrected chi connectivity index (χ1v) is 6.70. The summed E-state index contributed by atoms with van der Waals surface area (Å²) in [6, 6.07) is 3.20. The molecule has 0 aromatic carbocycles. The summed E-state index contributed by atoms with van der Waals surface area (Å²) in [6.07, 6.45) is -1.05. The third-order valence-corrected chi connectivity index (χ3v) is 3.31. The van der Waals surface area contributed by atoms with Crippen molar-refractivity contribution in [1.82, 2.24) is 9.88 Å². The number of rotatable bonds is 5. The highest BCUT2D eigenvalue weighted by molar-refractivity contribution is 9.10. The van der Waals surface area contributed by atoms with Crippen LogP contribution in [0.2, 0.25) is 0 Å². The standard InChI is InChI=1S/C12H16BrN3O3/c1-3-16(4-2)11(17)7-9-8(13)5-6-10(14-9)15-12(18)19/h5-6H,3-4,7H2,1-2H3,(H,14,15)(H,18,19). The fourth-order valence-corrected chi connectivity index (χ4v) is 1.98. The number of amides is 2. The molecule has 1 aromatic heterocycles. The molecule has 0 aliphatic carbocycles. The lowest BCUT2D eigenvalue weighted by Gasteiger charge is -2.18. The smallest absolute Gasteiger partial charge is 0.410 e. The zero-order valence-corrected chi connectivity index (χ0v) is 12.4. The number of likely N-dealkylation sites (N-methyl/N-ethyl adjacent to an activating group) is 1. The van der Waals surface area contributed by atoms with E-state index in [-0.39, 0.29) is 18.1 Å². The van der Waals surface area contributed by atoms with E-state index in [1.807, 2.05) is 13.8 Å². The van der Waals surface area contributed by atoms with Crippen molar-refractivity contribution in [2.24, 2.45) is 0 Å². The number of hydrogen-bond acceptors (Lipinski definition) is 3. The number of carbonyl (C=O) groups excluding carboxylic acids is 1. The van der Waals surface area contributed by atoms with Gasteiger partial charge in [0.15, 0.2) is 0 Å². The Labute approximate surface area is 120 Å². The molecular formula is C12H16BrN3O3. The van der Waals surface area contributed by atoms with Crippen LogP contribution in [0.4, 0.5) is 10.6 Å². The first-order chi connectivity index (χ1) is 8.97. The lowest BCUT2D eigenvalue weighted by atomic mass is 10.2. The first kappa shape index (κ1) is 15.4. The van der Waals surface area contributed by atoms with Crippen molar-refractivity contribution in [3.8, 4) is 0 Å². The average Bonchev–Trinajstić information content (AvgIpc) is 2.34. The minimum Gasteiger partial charge on any atom is -0.465 e. The van der Waals surface area contributed by atoms with Gasteiger partial charge in [0.25, 0.3) is 0 Å². The Hall–Kier alpha value is -1.63. The Balaban J connectivity index is 2.87. The lowest BCUT2D eigenvalue weighted by Crippen LogP contribution is -2.32. The van der Waals surface area contributed by atoms with Gasteiger partial charge >= 0.3 is 6.09 Å². The van der Waals surface area contributed by atoms with Crippen molar-refractivity contribution in [2.75, 3.05) is 18.4 Å². The molecule has 0 atom stereocenters. The van der Waals surface area contributed by atoms with E-state index in [4.69, 9.17) is 5.11 Å². The van der Waals surface area contributed by atoms with Gasteiger partial charge in [0.05, 0.1) is 12.1 Å². The summed E-state index contributed by atoms with van der Waals surface area (Å²) in [4.78, 5) is 28.4. The van der Waals surface area contributed by atoms with Crippen molar-refractivity contribution in [3.63, 3.8) is 0 Å². The number of aromatic nitrogens is 1. The molecule has 0 radical (unpaired) electrons. The Morgan fingerprint density at radius 1 is 1.37 bits per heavy atom. The highest BCUT2D eigenvalue weighted by Crippen LogP contribution is 2.18. The van der Waals surface area contributed by atoms with Crippen LogP contribution in [0.25, 0.3) is 0 Å². The van der Waals surface area contributed by atoms with Crippen LogP contribution < -0.4 is 5.32 Å². The van der Waals surface area contributed by atoms with Crippen LogP contribution in [0.3, 0.4) is 0 Å². The van der Waals surface area contributed by atoms with Crippen LogP contribution in [0.1, 0.15) is 19.5 Å². The summed E-state index contributed by atoms with van der Waals surface area (Å²) in [5, 5.41) is 10.8. The van der Waals surface area contributed by atoms with Crippen molar-refractivity contribution >= 4 is 33.7 Å². The fourth-order valence-electron chi connectivity index (χ4n) is 1.62. The maximum absolute atomic E-state index is 12.0. The molecule has 6 nitrogen and oxygen atoms in total. The summed E-state index contributed by atoms with van der Waals surface area (Å²) in [7, 11) is 0. The molecule has 0 aliphatic rings. The van der Waals surface area contributed by atoms with Crippen LogP contribution in [0.15, 0.2) is 16.6 Å². The molecule has 1 heterocycles. The third-order valence-electron chi connectivity index (χ3n) is 2.59. The Bertz CT molecular complexity index is 475. The van der Waals surface area contributed by atoms with Gasteiger partial charge in [-0.3, -0.25) is 10.1 Å².